The lowest BCUT2D eigenvalue weighted by Gasteiger charge is -2.16. The van der Waals surface area contributed by atoms with Gasteiger partial charge < -0.3 is 10.6 Å². The Morgan fingerprint density at radius 1 is 1.15 bits per heavy atom. The second kappa shape index (κ2) is 8.64. The highest BCUT2D eigenvalue weighted by molar-refractivity contribution is 8.00. The fourth-order valence-corrected chi connectivity index (χ4v) is 4.81. The number of benzene rings is 1. The lowest BCUT2D eigenvalue weighted by Crippen LogP contribution is -2.41. The zero-order chi connectivity index (χ0) is 18.5. The summed E-state index contributed by atoms with van der Waals surface area (Å²) in [6, 6.07) is 6.75. The van der Waals surface area contributed by atoms with E-state index in [0.717, 1.165) is 25.0 Å². The molecule has 2 fully saturated rings. The highest BCUT2D eigenvalue weighted by Gasteiger charge is 2.42. The Labute approximate surface area is 161 Å². The summed E-state index contributed by atoms with van der Waals surface area (Å²) in [6.45, 7) is 0. The van der Waals surface area contributed by atoms with E-state index in [2.05, 4.69) is 21.5 Å². The van der Waals surface area contributed by atoms with Crippen molar-refractivity contribution in [2.24, 2.45) is 0 Å². The van der Waals surface area contributed by atoms with Crippen molar-refractivity contribution in [1.29, 1.82) is 0 Å². The second-order valence-corrected chi connectivity index (χ2v) is 8.09. The van der Waals surface area contributed by atoms with E-state index >= 15 is 0 Å². The zero-order valence-corrected chi connectivity index (χ0v) is 15.7. The SMILES string of the molecule is O=C(CCCC[C@@H]1SC[C@@H]2NC(=O)N[C@@H]21)NNC(=O)c1ccc(Cl)cc1. The van der Waals surface area contributed by atoms with E-state index < -0.39 is 0 Å². The molecule has 1 aromatic rings. The minimum absolute atomic E-state index is 0.0823. The fraction of sp³-hybridized carbons (Fsp3) is 0.471. The Hall–Kier alpha value is -1.93. The summed E-state index contributed by atoms with van der Waals surface area (Å²) in [5, 5.41) is 6.82. The average Bonchev–Trinajstić information content (AvgIpc) is 3.16. The number of thioether (sulfide) groups is 1. The molecule has 3 atom stereocenters. The second-order valence-electron chi connectivity index (χ2n) is 6.38. The summed E-state index contributed by atoms with van der Waals surface area (Å²) < 4.78 is 0. The Morgan fingerprint density at radius 3 is 2.69 bits per heavy atom. The molecule has 2 aliphatic rings. The van der Waals surface area contributed by atoms with Gasteiger partial charge >= 0.3 is 6.03 Å². The number of carbonyl (C=O) groups excluding carboxylic acids is 3. The minimum Gasteiger partial charge on any atom is -0.332 e. The van der Waals surface area contributed by atoms with Gasteiger partial charge in [0.2, 0.25) is 5.91 Å². The average molecular weight is 397 g/mol. The number of halogens is 1. The molecule has 0 aromatic heterocycles. The summed E-state index contributed by atoms with van der Waals surface area (Å²) in [4.78, 5) is 35.1. The first-order valence-electron chi connectivity index (χ1n) is 8.56. The molecule has 26 heavy (non-hydrogen) atoms. The highest BCUT2D eigenvalue weighted by Crippen LogP contribution is 2.33. The smallest absolute Gasteiger partial charge is 0.315 e. The third-order valence-electron chi connectivity index (χ3n) is 4.50. The van der Waals surface area contributed by atoms with E-state index in [0.29, 0.717) is 22.3 Å². The molecule has 3 rings (SSSR count). The maximum absolute atomic E-state index is 11.9. The number of rotatable bonds is 6. The number of nitrogens with one attached hydrogen (secondary N) is 4. The quantitative estimate of drug-likeness (QED) is 0.335. The summed E-state index contributed by atoms with van der Waals surface area (Å²) >= 11 is 7.64. The number of hydrazine groups is 1. The minimum atomic E-state index is -0.382. The Morgan fingerprint density at radius 2 is 1.92 bits per heavy atom. The highest BCUT2D eigenvalue weighted by atomic mass is 35.5. The molecule has 1 aromatic carbocycles. The van der Waals surface area contributed by atoms with Crippen LogP contribution in [0.15, 0.2) is 24.3 Å². The van der Waals surface area contributed by atoms with Crippen molar-refractivity contribution in [1.82, 2.24) is 21.5 Å². The number of hydrogen-bond donors (Lipinski definition) is 4. The molecule has 0 unspecified atom stereocenters. The molecule has 2 saturated heterocycles. The number of urea groups is 1. The van der Waals surface area contributed by atoms with Crippen LogP contribution in [0.3, 0.4) is 0 Å². The van der Waals surface area contributed by atoms with Gasteiger partial charge in [0.25, 0.3) is 5.91 Å². The molecule has 2 aliphatic heterocycles. The lowest BCUT2D eigenvalue weighted by atomic mass is 10.0. The van der Waals surface area contributed by atoms with Crippen molar-refractivity contribution in [3.05, 3.63) is 34.9 Å². The normalized spacial score (nSPS) is 23.7. The molecule has 0 radical (unpaired) electrons. The van der Waals surface area contributed by atoms with Crippen molar-refractivity contribution >= 4 is 41.2 Å². The monoisotopic (exact) mass is 396 g/mol. The molecule has 7 nitrogen and oxygen atoms in total. The van der Waals surface area contributed by atoms with E-state index in [1.807, 2.05) is 11.8 Å². The maximum atomic E-state index is 11.9. The van der Waals surface area contributed by atoms with Gasteiger partial charge in [0, 0.05) is 28.0 Å². The topological polar surface area (TPSA) is 99.3 Å². The van der Waals surface area contributed by atoms with Gasteiger partial charge in [0.05, 0.1) is 12.1 Å². The van der Waals surface area contributed by atoms with Crippen LogP contribution in [-0.2, 0) is 4.79 Å². The molecule has 0 bridgehead atoms. The predicted molar refractivity (Wildman–Crippen MR) is 101 cm³/mol. The molecule has 0 saturated carbocycles. The van der Waals surface area contributed by atoms with Gasteiger partial charge in [-0.3, -0.25) is 20.4 Å². The molecular weight excluding hydrogens is 376 g/mol. The van der Waals surface area contributed by atoms with Crippen LogP contribution in [0.1, 0.15) is 36.0 Å². The standard InChI is InChI=1S/C17H21ClN4O3S/c18-11-7-5-10(6-8-11)16(24)22-21-14(23)4-2-1-3-13-15-12(9-26-13)19-17(25)20-15/h5-8,12-13,15H,1-4,9H2,(H,21,23)(H,22,24)(H2,19,20,25)/t12-,13-,15-/m0/s1. The molecule has 0 spiro atoms. The van der Waals surface area contributed by atoms with Gasteiger partial charge in [-0.1, -0.05) is 18.0 Å². The Bertz CT molecular complexity index is 685. The fourth-order valence-electron chi connectivity index (χ4n) is 3.14. The van der Waals surface area contributed by atoms with Crippen molar-refractivity contribution in [3.8, 4) is 0 Å². The lowest BCUT2D eigenvalue weighted by molar-refractivity contribution is -0.122. The Balaban J connectivity index is 1.30. The molecule has 9 heteroatoms. The van der Waals surface area contributed by atoms with Crippen LogP contribution in [0.5, 0.6) is 0 Å². The van der Waals surface area contributed by atoms with Crippen LogP contribution >= 0.6 is 23.4 Å². The van der Waals surface area contributed by atoms with Crippen LogP contribution in [-0.4, -0.2) is 40.9 Å². The van der Waals surface area contributed by atoms with Crippen LogP contribution in [0.4, 0.5) is 4.79 Å². The number of amides is 4. The van der Waals surface area contributed by atoms with Crippen LogP contribution in [0, 0.1) is 0 Å². The number of hydrogen-bond acceptors (Lipinski definition) is 4. The summed E-state index contributed by atoms with van der Waals surface area (Å²) in [5.74, 6) is 0.332. The number of unbranched alkanes of at least 4 members (excludes halogenated alkanes) is 1. The van der Waals surface area contributed by atoms with Gasteiger partial charge in [0.1, 0.15) is 0 Å². The predicted octanol–water partition coefficient (Wildman–Crippen LogP) is 1.83. The molecule has 140 valence electrons. The first-order chi connectivity index (χ1) is 12.5. The van der Waals surface area contributed by atoms with Crippen molar-refractivity contribution < 1.29 is 14.4 Å². The summed E-state index contributed by atoms with van der Waals surface area (Å²) in [5.41, 5.74) is 5.24. The Kier molecular flexibility index (Phi) is 6.26. The maximum Gasteiger partial charge on any atom is 0.315 e. The van der Waals surface area contributed by atoms with Crippen LogP contribution < -0.4 is 21.5 Å². The van der Waals surface area contributed by atoms with Gasteiger partial charge in [-0.25, -0.2) is 4.79 Å². The van der Waals surface area contributed by atoms with E-state index in [9.17, 15) is 14.4 Å². The van der Waals surface area contributed by atoms with Gasteiger partial charge in [-0.2, -0.15) is 11.8 Å². The molecular formula is C17H21ClN4O3S. The van der Waals surface area contributed by atoms with Crippen molar-refractivity contribution in [3.63, 3.8) is 0 Å². The largest absolute Gasteiger partial charge is 0.332 e. The molecule has 4 N–H and O–H groups in total. The van der Waals surface area contributed by atoms with Crippen molar-refractivity contribution in [2.75, 3.05) is 5.75 Å². The third-order valence-corrected chi connectivity index (χ3v) is 6.26. The van der Waals surface area contributed by atoms with Gasteiger partial charge in [-0.15, -0.1) is 0 Å². The van der Waals surface area contributed by atoms with E-state index in [1.165, 1.54) is 0 Å². The van der Waals surface area contributed by atoms with Gasteiger partial charge in [0.15, 0.2) is 0 Å². The van der Waals surface area contributed by atoms with Crippen molar-refractivity contribution in [2.45, 2.75) is 43.0 Å². The molecule has 0 aliphatic carbocycles. The molecule has 4 amide bonds. The summed E-state index contributed by atoms with van der Waals surface area (Å²) in [6.07, 6.45) is 2.93. The summed E-state index contributed by atoms with van der Waals surface area (Å²) in [7, 11) is 0. The third kappa shape index (κ3) is 4.82. The van der Waals surface area contributed by atoms with E-state index in [-0.39, 0.29) is 29.9 Å². The molecule has 2 heterocycles. The zero-order valence-electron chi connectivity index (χ0n) is 14.1. The van der Waals surface area contributed by atoms with E-state index in [1.54, 1.807) is 24.3 Å². The van der Waals surface area contributed by atoms with Crippen LogP contribution in [0.25, 0.3) is 0 Å². The number of fused-ring (bicyclic) bond motifs is 1. The van der Waals surface area contributed by atoms with E-state index in [4.69, 9.17) is 11.6 Å². The van der Waals surface area contributed by atoms with Gasteiger partial charge in [-0.05, 0) is 37.1 Å². The first-order valence-corrected chi connectivity index (χ1v) is 9.99. The number of carbonyl (C=O) groups is 3. The van der Waals surface area contributed by atoms with Crippen LogP contribution in [0.2, 0.25) is 5.02 Å². The first kappa shape index (κ1) is 18.8.